The van der Waals surface area contributed by atoms with Gasteiger partial charge in [0.05, 0.1) is 21.4 Å². The van der Waals surface area contributed by atoms with E-state index in [4.69, 9.17) is 16.9 Å². The monoisotopic (exact) mass is 340 g/mol. The number of aliphatic carboxylic acids is 1. The smallest absolute Gasteiger partial charge is 0.308 e. The highest BCUT2D eigenvalue weighted by Crippen LogP contribution is 2.45. The average Bonchev–Trinajstić information content (AvgIpc) is 3.05. The minimum atomic E-state index is -3.81. The van der Waals surface area contributed by atoms with Crippen molar-refractivity contribution in [2.75, 3.05) is 0 Å². The normalized spacial score (nSPS) is 27.7. The van der Waals surface area contributed by atoms with E-state index < -0.39 is 28.0 Å². The number of nitriles is 1. The van der Waals surface area contributed by atoms with Gasteiger partial charge in [0.1, 0.15) is 6.07 Å². The molecule has 3 atom stereocenters. The first-order chi connectivity index (χ1) is 10.4. The molecule has 2 bridgehead atoms. The summed E-state index contributed by atoms with van der Waals surface area (Å²) in [6.07, 6.45) is 1.59. The number of nitrogens with zero attached hydrogens (tertiary/aromatic N) is 2. The van der Waals surface area contributed by atoms with Crippen LogP contribution in [0.1, 0.15) is 24.8 Å². The molecule has 0 saturated carbocycles. The Labute approximate surface area is 133 Å². The number of halogens is 1. The predicted molar refractivity (Wildman–Crippen MR) is 77.7 cm³/mol. The van der Waals surface area contributed by atoms with E-state index in [0.717, 1.165) is 0 Å². The van der Waals surface area contributed by atoms with Crippen LogP contribution in [0.15, 0.2) is 23.1 Å². The quantitative estimate of drug-likeness (QED) is 0.905. The lowest BCUT2D eigenvalue weighted by Crippen LogP contribution is -2.37. The Kier molecular flexibility index (Phi) is 3.63. The molecular weight excluding hydrogens is 328 g/mol. The van der Waals surface area contributed by atoms with Crippen molar-refractivity contribution in [2.45, 2.75) is 36.2 Å². The first-order valence-electron chi connectivity index (χ1n) is 6.82. The molecule has 0 radical (unpaired) electrons. The van der Waals surface area contributed by atoms with Crippen molar-refractivity contribution in [2.24, 2.45) is 5.92 Å². The number of carboxylic acids is 1. The van der Waals surface area contributed by atoms with Crippen molar-refractivity contribution in [1.29, 1.82) is 5.26 Å². The van der Waals surface area contributed by atoms with E-state index in [1.54, 1.807) is 0 Å². The molecule has 6 nitrogen and oxygen atoms in total. The molecule has 0 amide bonds. The number of fused-ring (bicyclic) bond motifs is 2. The maximum atomic E-state index is 12.8. The van der Waals surface area contributed by atoms with Crippen LogP contribution in [0.5, 0.6) is 0 Å². The van der Waals surface area contributed by atoms with E-state index >= 15 is 0 Å². The minimum absolute atomic E-state index is 0.000520. The van der Waals surface area contributed by atoms with Crippen molar-refractivity contribution in [3.8, 4) is 6.07 Å². The Bertz CT molecular complexity index is 787. The topological polar surface area (TPSA) is 98.5 Å². The van der Waals surface area contributed by atoms with Gasteiger partial charge in [0, 0.05) is 12.1 Å². The van der Waals surface area contributed by atoms with Crippen LogP contribution < -0.4 is 0 Å². The highest BCUT2D eigenvalue weighted by molar-refractivity contribution is 7.89. The molecule has 2 fully saturated rings. The number of sulfonamides is 1. The van der Waals surface area contributed by atoms with Gasteiger partial charge in [0.2, 0.25) is 10.0 Å². The lowest BCUT2D eigenvalue weighted by molar-refractivity contribution is -0.142. The third kappa shape index (κ3) is 2.19. The van der Waals surface area contributed by atoms with Crippen molar-refractivity contribution in [3.63, 3.8) is 0 Å². The maximum absolute atomic E-state index is 12.8. The zero-order chi connectivity index (χ0) is 16.1. The van der Waals surface area contributed by atoms with Crippen LogP contribution >= 0.6 is 11.6 Å². The molecule has 22 heavy (non-hydrogen) atoms. The molecule has 2 aliphatic rings. The summed E-state index contributed by atoms with van der Waals surface area (Å²) in [4.78, 5) is 11.3. The van der Waals surface area contributed by atoms with Gasteiger partial charge in [-0.25, -0.2) is 8.42 Å². The number of carboxylic acid groups (broad SMARTS) is 1. The van der Waals surface area contributed by atoms with E-state index in [9.17, 15) is 18.3 Å². The first kappa shape index (κ1) is 15.3. The molecular formula is C14H13ClN2O4S. The standard InChI is InChI=1S/C14H13ClN2O4S/c15-12-6-10(3-1-8(12)7-16)22(20,21)17-9-2-4-13(17)11(5-9)14(18)19/h1,3,6,9,11,13H,2,4-5H2,(H,18,19). The lowest BCUT2D eigenvalue weighted by Gasteiger charge is -2.22. The predicted octanol–water partition coefficient (Wildman–Crippen LogP) is 1.84. The molecule has 1 aromatic carbocycles. The van der Waals surface area contributed by atoms with E-state index in [-0.39, 0.29) is 21.5 Å². The van der Waals surface area contributed by atoms with Crippen molar-refractivity contribution >= 4 is 27.6 Å². The largest absolute Gasteiger partial charge is 0.481 e. The molecule has 3 unspecified atom stereocenters. The molecule has 0 aliphatic carbocycles. The van der Waals surface area contributed by atoms with Crippen LogP contribution in [0.3, 0.4) is 0 Å². The Morgan fingerprint density at radius 2 is 2.14 bits per heavy atom. The van der Waals surface area contributed by atoms with Gasteiger partial charge in [-0.15, -0.1) is 0 Å². The Morgan fingerprint density at radius 3 is 2.68 bits per heavy atom. The third-order valence-electron chi connectivity index (χ3n) is 4.43. The van der Waals surface area contributed by atoms with Gasteiger partial charge in [-0.1, -0.05) is 11.6 Å². The summed E-state index contributed by atoms with van der Waals surface area (Å²) in [6, 6.07) is 5.06. The van der Waals surface area contributed by atoms with Crippen LogP contribution in [0.4, 0.5) is 0 Å². The highest BCUT2D eigenvalue weighted by Gasteiger charge is 2.54. The second-order valence-electron chi connectivity index (χ2n) is 5.57. The van der Waals surface area contributed by atoms with Crippen LogP contribution in [-0.2, 0) is 14.8 Å². The number of rotatable bonds is 3. The Morgan fingerprint density at radius 1 is 1.41 bits per heavy atom. The van der Waals surface area contributed by atoms with E-state index in [1.807, 2.05) is 6.07 Å². The fraction of sp³-hybridized carbons (Fsp3) is 0.429. The molecule has 2 aliphatic heterocycles. The van der Waals surface area contributed by atoms with Gasteiger partial charge in [-0.05, 0) is 37.5 Å². The van der Waals surface area contributed by atoms with Crippen LogP contribution in [0.25, 0.3) is 0 Å². The molecule has 3 rings (SSSR count). The van der Waals surface area contributed by atoms with E-state index in [1.165, 1.54) is 22.5 Å². The summed E-state index contributed by atoms with van der Waals surface area (Å²) >= 11 is 5.91. The molecule has 0 spiro atoms. The van der Waals surface area contributed by atoms with Crippen LogP contribution in [0, 0.1) is 17.2 Å². The maximum Gasteiger partial charge on any atom is 0.308 e. The molecule has 116 valence electrons. The summed E-state index contributed by atoms with van der Waals surface area (Å²) in [6.45, 7) is 0. The molecule has 0 aromatic heterocycles. The van der Waals surface area contributed by atoms with Crippen LogP contribution in [-0.4, -0.2) is 35.9 Å². The summed E-state index contributed by atoms with van der Waals surface area (Å²) in [7, 11) is -3.81. The summed E-state index contributed by atoms with van der Waals surface area (Å²) in [5, 5.41) is 18.2. The number of benzene rings is 1. The fourth-order valence-corrected chi connectivity index (χ4v) is 5.68. The average molecular weight is 341 g/mol. The molecule has 2 saturated heterocycles. The molecule has 1 N–H and O–H groups in total. The fourth-order valence-electron chi connectivity index (χ4n) is 3.45. The van der Waals surface area contributed by atoms with Gasteiger partial charge in [0.15, 0.2) is 0 Å². The molecule has 2 heterocycles. The van der Waals surface area contributed by atoms with Crippen LogP contribution in [0.2, 0.25) is 5.02 Å². The number of carbonyl (C=O) groups is 1. The summed E-state index contributed by atoms with van der Waals surface area (Å²) < 4.78 is 26.9. The van der Waals surface area contributed by atoms with Gasteiger partial charge >= 0.3 is 5.97 Å². The van der Waals surface area contributed by atoms with Crippen molar-refractivity contribution in [1.82, 2.24) is 4.31 Å². The number of hydrogen-bond acceptors (Lipinski definition) is 4. The van der Waals surface area contributed by atoms with Crippen molar-refractivity contribution < 1.29 is 18.3 Å². The Balaban J connectivity index is 1.99. The first-order valence-corrected chi connectivity index (χ1v) is 8.64. The van der Waals surface area contributed by atoms with Gasteiger partial charge in [0.25, 0.3) is 0 Å². The van der Waals surface area contributed by atoms with Gasteiger partial charge < -0.3 is 5.11 Å². The van der Waals surface area contributed by atoms with Gasteiger partial charge in [-0.3, -0.25) is 4.79 Å². The minimum Gasteiger partial charge on any atom is -0.481 e. The second-order valence-corrected chi connectivity index (χ2v) is 7.82. The molecule has 8 heteroatoms. The zero-order valence-electron chi connectivity index (χ0n) is 11.4. The Hall–Kier alpha value is -1.62. The third-order valence-corrected chi connectivity index (χ3v) is 6.71. The zero-order valence-corrected chi connectivity index (χ0v) is 13.0. The molecule has 1 aromatic rings. The summed E-state index contributed by atoms with van der Waals surface area (Å²) in [5.41, 5.74) is 0.202. The van der Waals surface area contributed by atoms with E-state index in [0.29, 0.717) is 19.3 Å². The van der Waals surface area contributed by atoms with Crippen molar-refractivity contribution in [3.05, 3.63) is 28.8 Å². The highest BCUT2D eigenvalue weighted by atomic mass is 35.5. The number of hydrogen-bond donors (Lipinski definition) is 1. The lowest BCUT2D eigenvalue weighted by atomic mass is 9.89. The SMILES string of the molecule is N#Cc1ccc(S(=O)(=O)N2C3CCC2C(C(=O)O)C3)cc1Cl. The van der Waals surface area contributed by atoms with E-state index in [2.05, 4.69) is 0 Å². The van der Waals surface area contributed by atoms with Gasteiger partial charge in [-0.2, -0.15) is 9.57 Å². The second kappa shape index (κ2) is 5.23. The summed E-state index contributed by atoms with van der Waals surface area (Å²) in [5.74, 6) is -1.60.